The topological polar surface area (TPSA) is 183 Å². The molecule has 1 aromatic carbocycles. The molecule has 14 nitrogen and oxygen atoms in total. The second kappa shape index (κ2) is 16.5. The summed E-state index contributed by atoms with van der Waals surface area (Å²) in [4.78, 5) is 96.8. The summed E-state index contributed by atoms with van der Waals surface area (Å²) in [6.45, 7) is 14.5. The molecule has 0 aromatic heterocycles. The Morgan fingerprint density at radius 3 is 2.09 bits per heavy atom. The van der Waals surface area contributed by atoms with E-state index in [-0.39, 0.29) is 41.9 Å². The molecule has 1 aliphatic heterocycles. The van der Waals surface area contributed by atoms with E-state index >= 15 is 0 Å². The Balaban J connectivity index is 1.47. The van der Waals surface area contributed by atoms with Gasteiger partial charge >= 0.3 is 6.09 Å². The number of benzene rings is 1. The molecule has 3 aliphatic rings. The monoisotopic (exact) mass is 752 g/mol. The van der Waals surface area contributed by atoms with Gasteiger partial charge in [0.15, 0.2) is 0 Å². The lowest BCUT2D eigenvalue weighted by Gasteiger charge is -2.38. The van der Waals surface area contributed by atoms with Crippen LogP contribution in [0.15, 0.2) is 30.3 Å². The van der Waals surface area contributed by atoms with Crippen molar-refractivity contribution in [3.8, 4) is 0 Å². The third-order valence-electron chi connectivity index (χ3n) is 11.0. The Morgan fingerprint density at radius 2 is 1.56 bits per heavy atom. The summed E-state index contributed by atoms with van der Waals surface area (Å²) in [6, 6.07) is 5.22. The number of ketones is 1. The first-order valence-corrected chi connectivity index (χ1v) is 19.0. The standard InChI is InChI=1S/C40H60N6O8/c1-38(2,3)33(44-37(53)54-39(4,5)6)36(52)46-22-25-30(40(25,7)8)31(46)34(50)43-27(19-23-15-14-16-23)32(49)35(51)41-21-28(47)42-26(20-29(48)45(9)10)24-17-12-11-13-18-24/h11-13,17-18,23,25-27,30-31,33H,14-16,19-22H2,1-10H3,(H,41,51)(H,42,47)(H,43,50)(H,44,53)/t25-,26-,27?,30-,31-,33+/m0/s1. The predicted molar refractivity (Wildman–Crippen MR) is 201 cm³/mol. The highest BCUT2D eigenvalue weighted by Gasteiger charge is 2.70. The number of hydrogen-bond acceptors (Lipinski definition) is 8. The fraction of sp³-hybridized carbons (Fsp3) is 0.675. The summed E-state index contributed by atoms with van der Waals surface area (Å²) in [5.74, 6) is -3.67. The second-order valence-corrected chi connectivity index (χ2v) is 18.0. The van der Waals surface area contributed by atoms with Gasteiger partial charge in [0.05, 0.1) is 25.0 Å². The van der Waals surface area contributed by atoms with Crippen LogP contribution >= 0.6 is 0 Å². The lowest BCUT2D eigenvalue weighted by Crippen LogP contribution is -2.61. The first-order valence-electron chi connectivity index (χ1n) is 19.0. The van der Waals surface area contributed by atoms with Crippen molar-refractivity contribution < 1.29 is 38.3 Å². The molecule has 3 fully saturated rings. The zero-order valence-corrected chi connectivity index (χ0v) is 33.5. The molecule has 0 radical (unpaired) electrons. The maximum absolute atomic E-state index is 14.3. The smallest absolute Gasteiger partial charge is 0.408 e. The maximum Gasteiger partial charge on any atom is 0.408 e. The van der Waals surface area contributed by atoms with Crippen molar-refractivity contribution in [2.45, 2.75) is 117 Å². The molecule has 6 amide bonds. The van der Waals surface area contributed by atoms with Crippen LogP contribution in [-0.2, 0) is 33.5 Å². The van der Waals surface area contributed by atoms with Crippen LogP contribution in [0.4, 0.5) is 4.79 Å². The second-order valence-electron chi connectivity index (χ2n) is 18.0. The van der Waals surface area contributed by atoms with E-state index < -0.39 is 77.2 Å². The molecule has 1 aromatic rings. The van der Waals surface area contributed by atoms with Gasteiger partial charge in [-0.3, -0.25) is 28.8 Å². The zero-order valence-electron chi connectivity index (χ0n) is 33.5. The Bertz CT molecular complexity index is 1590. The Kier molecular flexibility index (Phi) is 12.9. The largest absolute Gasteiger partial charge is 0.444 e. The zero-order chi connectivity index (χ0) is 40.3. The molecule has 0 spiro atoms. The van der Waals surface area contributed by atoms with Crippen molar-refractivity contribution in [1.82, 2.24) is 31.1 Å². The maximum atomic E-state index is 14.3. The van der Waals surface area contributed by atoms with Gasteiger partial charge in [-0.2, -0.15) is 0 Å². The number of ether oxygens (including phenoxy) is 1. The van der Waals surface area contributed by atoms with Crippen LogP contribution in [0.3, 0.4) is 0 Å². The number of nitrogens with one attached hydrogen (secondary N) is 4. The van der Waals surface area contributed by atoms with Gasteiger partial charge in [-0.25, -0.2) is 4.79 Å². The van der Waals surface area contributed by atoms with E-state index in [2.05, 4.69) is 21.3 Å². The van der Waals surface area contributed by atoms with Gasteiger partial charge in [0.25, 0.3) is 5.91 Å². The number of rotatable bonds is 14. The molecule has 2 aliphatic carbocycles. The molecular formula is C40H60N6O8. The van der Waals surface area contributed by atoms with E-state index in [1.165, 1.54) is 9.80 Å². The van der Waals surface area contributed by atoms with Crippen LogP contribution in [0.2, 0.25) is 0 Å². The average Bonchev–Trinajstić information content (AvgIpc) is 3.35. The predicted octanol–water partition coefficient (Wildman–Crippen LogP) is 3.10. The van der Waals surface area contributed by atoms with Crippen LogP contribution in [-0.4, -0.2) is 102 Å². The van der Waals surface area contributed by atoms with Crippen LogP contribution in [0, 0.1) is 28.6 Å². The number of carbonyl (C=O) groups is 7. The van der Waals surface area contributed by atoms with Crippen molar-refractivity contribution in [2.75, 3.05) is 27.2 Å². The summed E-state index contributed by atoms with van der Waals surface area (Å²) in [5, 5.41) is 10.8. The number of fused-ring (bicyclic) bond motifs is 1. The quantitative estimate of drug-likeness (QED) is 0.209. The van der Waals surface area contributed by atoms with Gasteiger partial charge < -0.3 is 35.8 Å². The molecule has 14 heteroatoms. The molecule has 1 heterocycles. The SMILES string of the molecule is CN(C)C(=O)C[C@H](NC(=O)CNC(=O)C(=O)C(CC1CCC1)NC(=O)[C@@H]1[C@@H]2[C@H](CN1C(=O)[C@@H](NC(=O)OC(C)(C)C)C(C)(C)C)C2(C)C)c1ccccc1. The minimum Gasteiger partial charge on any atom is -0.444 e. The van der Waals surface area contributed by atoms with E-state index in [0.717, 1.165) is 19.3 Å². The third kappa shape index (κ3) is 10.4. The summed E-state index contributed by atoms with van der Waals surface area (Å²) in [7, 11) is 3.24. The van der Waals surface area contributed by atoms with E-state index in [1.807, 2.05) is 40.7 Å². The third-order valence-corrected chi connectivity index (χ3v) is 11.0. The van der Waals surface area contributed by atoms with Gasteiger partial charge in [-0.05, 0) is 61.3 Å². The van der Waals surface area contributed by atoms with Crippen LogP contribution in [0.5, 0.6) is 0 Å². The number of likely N-dealkylation sites (tertiary alicyclic amines) is 1. The molecule has 2 saturated carbocycles. The Hall–Kier alpha value is -4.49. The fourth-order valence-electron chi connectivity index (χ4n) is 7.55. The van der Waals surface area contributed by atoms with Gasteiger partial charge in [-0.1, -0.05) is 84.2 Å². The summed E-state index contributed by atoms with van der Waals surface area (Å²) in [6.07, 6.45) is 2.18. The van der Waals surface area contributed by atoms with Gasteiger partial charge in [0, 0.05) is 20.6 Å². The van der Waals surface area contributed by atoms with Crippen LogP contribution in [0.25, 0.3) is 0 Å². The lowest BCUT2D eigenvalue weighted by molar-refractivity contribution is -0.145. The molecule has 1 unspecified atom stereocenters. The number of nitrogens with zero attached hydrogens (tertiary/aromatic N) is 2. The van der Waals surface area contributed by atoms with E-state index in [1.54, 1.807) is 59.1 Å². The fourth-order valence-corrected chi connectivity index (χ4v) is 7.55. The number of amides is 6. The number of Topliss-reactive ketones (excluding diaryl/α,β-unsaturated/α-hetero) is 1. The highest BCUT2D eigenvalue weighted by Crippen LogP contribution is 2.65. The normalized spacial score (nSPS) is 22.0. The Morgan fingerprint density at radius 1 is 0.926 bits per heavy atom. The van der Waals surface area contributed by atoms with E-state index in [9.17, 15) is 33.6 Å². The van der Waals surface area contributed by atoms with Crippen molar-refractivity contribution >= 4 is 41.4 Å². The summed E-state index contributed by atoms with van der Waals surface area (Å²) in [5.41, 5.74) is -1.04. The summed E-state index contributed by atoms with van der Waals surface area (Å²) < 4.78 is 5.45. The molecular weight excluding hydrogens is 692 g/mol. The van der Waals surface area contributed by atoms with E-state index in [0.29, 0.717) is 12.1 Å². The van der Waals surface area contributed by atoms with Crippen molar-refractivity contribution in [3.63, 3.8) is 0 Å². The van der Waals surface area contributed by atoms with Crippen molar-refractivity contribution in [2.24, 2.45) is 28.6 Å². The molecule has 298 valence electrons. The molecule has 4 rings (SSSR count). The van der Waals surface area contributed by atoms with Crippen LogP contribution < -0.4 is 21.3 Å². The van der Waals surface area contributed by atoms with Gasteiger partial charge in [0.2, 0.25) is 29.4 Å². The molecule has 4 N–H and O–H groups in total. The Labute approximate surface area is 319 Å². The first-order chi connectivity index (χ1) is 25.0. The van der Waals surface area contributed by atoms with E-state index in [4.69, 9.17) is 4.74 Å². The highest BCUT2D eigenvalue weighted by molar-refractivity contribution is 6.38. The molecule has 1 saturated heterocycles. The average molecular weight is 753 g/mol. The van der Waals surface area contributed by atoms with Crippen molar-refractivity contribution in [3.05, 3.63) is 35.9 Å². The number of alkyl carbamates (subject to hydrolysis) is 1. The number of piperidine rings is 1. The molecule has 6 atom stereocenters. The molecule has 0 bridgehead atoms. The highest BCUT2D eigenvalue weighted by atomic mass is 16.6. The number of carbonyl (C=O) groups excluding carboxylic acids is 7. The van der Waals surface area contributed by atoms with Gasteiger partial charge in [-0.15, -0.1) is 0 Å². The molecule has 54 heavy (non-hydrogen) atoms. The lowest BCUT2D eigenvalue weighted by atomic mass is 9.80. The number of hydrogen-bond donors (Lipinski definition) is 4. The van der Waals surface area contributed by atoms with Crippen LogP contribution in [0.1, 0.15) is 99.1 Å². The minimum absolute atomic E-state index is 0.00195. The van der Waals surface area contributed by atoms with Crippen molar-refractivity contribution in [1.29, 1.82) is 0 Å². The minimum atomic E-state index is -1.17. The first kappa shape index (κ1) is 42.3. The van der Waals surface area contributed by atoms with Gasteiger partial charge in [0.1, 0.15) is 17.7 Å². The summed E-state index contributed by atoms with van der Waals surface area (Å²) >= 11 is 0.